The second kappa shape index (κ2) is 3.54. The standard InChI is InChI=1S/C5H5F4O2/c1-3(10)11-2-5(8,9)4(6)7/h4H,1-2H2. The zero-order valence-corrected chi connectivity index (χ0v) is 5.32. The first-order chi connectivity index (χ1) is 4.86. The zero-order chi connectivity index (χ0) is 9.07. The molecular weight excluding hydrogens is 168 g/mol. The van der Waals surface area contributed by atoms with Crippen LogP contribution in [0.2, 0.25) is 0 Å². The van der Waals surface area contributed by atoms with Crippen molar-refractivity contribution in [3.63, 3.8) is 0 Å². The fourth-order valence-electron chi connectivity index (χ4n) is 0.240. The quantitative estimate of drug-likeness (QED) is 0.474. The number of rotatable bonds is 3. The molecule has 0 aliphatic heterocycles. The molecule has 2 nitrogen and oxygen atoms in total. The van der Waals surface area contributed by atoms with Gasteiger partial charge in [0.1, 0.15) is 0 Å². The summed E-state index contributed by atoms with van der Waals surface area (Å²) in [5, 5.41) is 0. The lowest BCUT2D eigenvalue weighted by Crippen LogP contribution is -2.33. The lowest BCUT2D eigenvalue weighted by Gasteiger charge is -2.13. The van der Waals surface area contributed by atoms with E-state index in [1.54, 1.807) is 0 Å². The average molecular weight is 173 g/mol. The van der Waals surface area contributed by atoms with E-state index in [9.17, 15) is 22.4 Å². The Morgan fingerprint density at radius 1 is 1.55 bits per heavy atom. The van der Waals surface area contributed by atoms with Gasteiger partial charge in [-0.05, 0) is 0 Å². The topological polar surface area (TPSA) is 26.3 Å². The van der Waals surface area contributed by atoms with Crippen LogP contribution in [0.3, 0.4) is 0 Å². The molecular formula is C5H5F4O2. The third-order valence-electron chi connectivity index (χ3n) is 0.745. The number of alkyl halides is 4. The number of carbonyl (C=O) groups is 1. The second-order valence-corrected chi connectivity index (χ2v) is 1.72. The van der Waals surface area contributed by atoms with Crippen LogP contribution in [0.15, 0.2) is 0 Å². The van der Waals surface area contributed by atoms with Gasteiger partial charge in [-0.3, -0.25) is 4.79 Å². The SMILES string of the molecule is [CH2]C(=O)OCC(F)(F)C(F)F. The summed E-state index contributed by atoms with van der Waals surface area (Å²) in [6, 6.07) is 0. The number of hydrogen-bond donors (Lipinski definition) is 0. The highest BCUT2D eigenvalue weighted by molar-refractivity contribution is 5.73. The van der Waals surface area contributed by atoms with E-state index in [2.05, 4.69) is 11.7 Å². The highest BCUT2D eigenvalue weighted by atomic mass is 19.3. The van der Waals surface area contributed by atoms with Crippen molar-refractivity contribution in [2.75, 3.05) is 6.61 Å². The maximum atomic E-state index is 11.9. The fraction of sp³-hybridized carbons (Fsp3) is 0.600. The van der Waals surface area contributed by atoms with Crippen LogP contribution >= 0.6 is 0 Å². The summed E-state index contributed by atoms with van der Waals surface area (Å²) in [7, 11) is 0. The molecule has 0 aromatic heterocycles. The lowest BCUT2D eigenvalue weighted by molar-refractivity contribution is -0.176. The van der Waals surface area contributed by atoms with Crippen molar-refractivity contribution in [3.05, 3.63) is 6.92 Å². The molecule has 0 saturated heterocycles. The Labute approximate surface area is 60.1 Å². The first-order valence-electron chi connectivity index (χ1n) is 2.51. The van der Waals surface area contributed by atoms with E-state index in [4.69, 9.17) is 0 Å². The Balaban J connectivity index is 3.82. The van der Waals surface area contributed by atoms with Gasteiger partial charge in [0.25, 0.3) is 0 Å². The predicted octanol–water partition coefficient (Wildman–Crippen LogP) is 1.26. The van der Waals surface area contributed by atoms with Crippen molar-refractivity contribution in [1.82, 2.24) is 0 Å². The third kappa shape index (κ3) is 3.79. The molecule has 6 heteroatoms. The van der Waals surface area contributed by atoms with Gasteiger partial charge in [-0.1, -0.05) is 0 Å². The highest BCUT2D eigenvalue weighted by Crippen LogP contribution is 2.22. The summed E-state index contributed by atoms with van der Waals surface area (Å²) >= 11 is 0. The van der Waals surface area contributed by atoms with Crippen LogP contribution < -0.4 is 0 Å². The predicted molar refractivity (Wildman–Crippen MR) is 27.3 cm³/mol. The normalized spacial score (nSPS) is 11.8. The largest absolute Gasteiger partial charge is 0.459 e. The summed E-state index contributed by atoms with van der Waals surface area (Å²) in [5.74, 6) is -5.54. The van der Waals surface area contributed by atoms with Gasteiger partial charge in [0.2, 0.25) is 0 Å². The van der Waals surface area contributed by atoms with E-state index >= 15 is 0 Å². The van der Waals surface area contributed by atoms with E-state index < -0.39 is 24.9 Å². The Bertz CT molecular complexity index is 145. The molecule has 0 fully saturated rings. The summed E-state index contributed by atoms with van der Waals surface area (Å²) < 4.78 is 49.9. The molecule has 11 heavy (non-hydrogen) atoms. The van der Waals surface area contributed by atoms with Crippen molar-refractivity contribution >= 4 is 5.97 Å². The molecule has 65 valence electrons. The van der Waals surface area contributed by atoms with Gasteiger partial charge in [0.15, 0.2) is 6.61 Å². The van der Waals surface area contributed by atoms with Crippen molar-refractivity contribution in [3.8, 4) is 0 Å². The van der Waals surface area contributed by atoms with E-state index in [0.29, 0.717) is 0 Å². The second-order valence-electron chi connectivity index (χ2n) is 1.72. The molecule has 0 atom stereocenters. The van der Waals surface area contributed by atoms with Crippen LogP contribution in [0, 0.1) is 6.92 Å². The number of ether oxygens (including phenoxy) is 1. The van der Waals surface area contributed by atoms with Crippen LogP contribution in [0.1, 0.15) is 0 Å². The molecule has 0 bridgehead atoms. The monoisotopic (exact) mass is 173 g/mol. The fourth-order valence-corrected chi connectivity index (χ4v) is 0.240. The van der Waals surface area contributed by atoms with Crippen molar-refractivity contribution < 1.29 is 27.1 Å². The zero-order valence-electron chi connectivity index (χ0n) is 5.32. The van der Waals surface area contributed by atoms with Crippen LogP contribution in [0.5, 0.6) is 0 Å². The number of carbonyl (C=O) groups excluding carboxylic acids is 1. The molecule has 0 aliphatic carbocycles. The Morgan fingerprint density at radius 2 is 2.00 bits per heavy atom. The van der Waals surface area contributed by atoms with Gasteiger partial charge in [-0.25, -0.2) is 8.78 Å². The summed E-state index contributed by atoms with van der Waals surface area (Å²) in [6.07, 6.45) is -3.83. The van der Waals surface area contributed by atoms with Crippen molar-refractivity contribution in [2.45, 2.75) is 12.3 Å². The van der Waals surface area contributed by atoms with E-state index in [1.165, 1.54) is 0 Å². The molecule has 0 saturated carbocycles. The third-order valence-corrected chi connectivity index (χ3v) is 0.745. The minimum atomic E-state index is -4.28. The Morgan fingerprint density at radius 3 is 2.27 bits per heavy atom. The van der Waals surface area contributed by atoms with Gasteiger partial charge >= 0.3 is 18.3 Å². The minimum Gasteiger partial charge on any atom is -0.459 e. The average Bonchev–Trinajstić information content (AvgIpc) is 1.84. The Kier molecular flexibility index (Phi) is 3.28. The molecule has 0 unspecified atom stereocenters. The van der Waals surface area contributed by atoms with Crippen molar-refractivity contribution in [2.24, 2.45) is 0 Å². The lowest BCUT2D eigenvalue weighted by atomic mass is 10.4. The summed E-state index contributed by atoms with van der Waals surface area (Å²) in [5.41, 5.74) is 0. The van der Waals surface area contributed by atoms with Gasteiger partial charge in [0.05, 0.1) is 6.92 Å². The molecule has 1 radical (unpaired) electrons. The van der Waals surface area contributed by atoms with E-state index in [0.717, 1.165) is 0 Å². The van der Waals surface area contributed by atoms with Crippen LogP contribution in [0.4, 0.5) is 17.6 Å². The van der Waals surface area contributed by atoms with E-state index in [-0.39, 0.29) is 0 Å². The molecule has 0 aromatic rings. The highest BCUT2D eigenvalue weighted by Gasteiger charge is 2.41. The van der Waals surface area contributed by atoms with Gasteiger partial charge in [-0.2, -0.15) is 8.78 Å². The molecule has 0 rings (SSSR count). The van der Waals surface area contributed by atoms with Gasteiger partial charge < -0.3 is 4.74 Å². The smallest absolute Gasteiger partial charge is 0.340 e. The summed E-state index contributed by atoms with van der Waals surface area (Å²) in [4.78, 5) is 9.80. The molecule has 0 heterocycles. The van der Waals surface area contributed by atoms with Gasteiger partial charge in [0, 0.05) is 0 Å². The molecule has 0 aliphatic rings. The molecule has 0 amide bonds. The first-order valence-corrected chi connectivity index (χ1v) is 2.51. The number of hydrogen-bond acceptors (Lipinski definition) is 2. The minimum absolute atomic E-state index is 1.26. The number of halogens is 4. The first kappa shape index (κ1) is 10.2. The number of esters is 1. The summed E-state index contributed by atoms with van der Waals surface area (Å²) in [6.45, 7) is 0.930. The molecule has 0 N–H and O–H groups in total. The van der Waals surface area contributed by atoms with Crippen LogP contribution in [-0.2, 0) is 9.53 Å². The molecule has 0 aromatic carbocycles. The maximum Gasteiger partial charge on any atom is 0.340 e. The van der Waals surface area contributed by atoms with E-state index in [1.807, 2.05) is 0 Å². The Hall–Kier alpha value is -0.810. The maximum absolute atomic E-state index is 11.9. The van der Waals surface area contributed by atoms with Gasteiger partial charge in [-0.15, -0.1) is 0 Å². The van der Waals surface area contributed by atoms with Crippen LogP contribution in [-0.4, -0.2) is 24.9 Å². The molecule has 0 spiro atoms. The van der Waals surface area contributed by atoms with Crippen LogP contribution in [0.25, 0.3) is 0 Å². The van der Waals surface area contributed by atoms with Crippen molar-refractivity contribution in [1.29, 1.82) is 0 Å².